The van der Waals surface area contributed by atoms with Crippen molar-refractivity contribution in [3.63, 3.8) is 0 Å². The SMILES string of the molecule is CCOc1ccc(NC(=O)CSc2nncn2-c2ccccc2F)cc1. The summed E-state index contributed by atoms with van der Waals surface area (Å²) in [4.78, 5) is 12.1. The first-order valence-corrected chi connectivity index (χ1v) is 8.96. The van der Waals surface area contributed by atoms with Crippen LogP contribution >= 0.6 is 11.8 Å². The van der Waals surface area contributed by atoms with Gasteiger partial charge >= 0.3 is 0 Å². The van der Waals surface area contributed by atoms with Crippen LogP contribution in [0.4, 0.5) is 10.1 Å². The van der Waals surface area contributed by atoms with Gasteiger partial charge < -0.3 is 10.1 Å². The number of carbonyl (C=O) groups excluding carboxylic acids is 1. The van der Waals surface area contributed by atoms with Crippen LogP contribution in [0.5, 0.6) is 5.75 Å². The molecule has 0 saturated heterocycles. The third kappa shape index (κ3) is 4.40. The van der Waals surface area contributed by atoms with Gasteiger partial charge in [0.25, 0.3) is 0 Å². The Morgan fingerprint density at radius 2 is 2.00 bits per heavy atom. The summed E-state index contributed by atoms with van der Waals surface area (Å²) in [5.74, 6) is 0.300. The fraction of sp³-hybridized carbons (Fsp3) is 0.167. The zero-order valence-corrected chi connectivity index (χ0v) is 14.9. The minimum Gasteiger partial charge on any atom is -0.494 e. The number of thioether (sulfide) groups is 1. The number of benzene rings is 2. The highest BCUT2D eigenvalue weighted by Crippen LogP contribution is 2.22. The maximum atomic E-state index is 13.9. The third-order valence-electron chi connectivity index (χ3n) is 3.41. The predicted octanol–water partition coefficient (Wildman–Crippen LogP) is 3.54. The number of carbonyl (C=O) groups is 1. The van der Waals surface area contributed by atoms with Gasteiger partial charge in [0.2, 0.25) is 5.91 Å². The summed E-state index contributed by atoms with van der Waals surface area (Å²) in [6, 6.07) is 13.5. The number of ether oxygens (including phenoxy) is 1. The van der Waals surface area contributed by atoms with Gasteiger partial charge in [0.05, 0.1) is 18.0 Å². The van der Waals surface area contributed by atoms with Gasteiger partial charge in [0.15, 0.2) is 5.16 Å². The molecule has 1 amide bonds. The zero-order valence-electron chi connectivity index (χ0n) is 14.1. The number of aromatic nitrogens is 3. The van der Waals surface area contributed by atoms with Gasteiger partial charge in [0, 0.05) is 5.69 Å². The molecule has 6 nitrogen and oxygen atoms in total. The van der Waals surface area contributed by atoms with Crippen molar-refractivity contribution in [2.45, 2.75) is 12.1 Å². The first-order valence-electron chi connectivity index (χ1n) is 7.98. The van der Waals surface area contributed by atoms with E-state index in [4.69, 9.17) is 4.74 Å². The molecule has 134 valence electrons. The molecule has 0 bridgehead atoms. The lowest BCUT2D eigenvalue weighted by Crippen LogP contribution is -2.14. The number of hydrogen-bond donors (Lipinski definition) is 1. The van der Waals surface area contributed by atoms with Gasteiger partial charge in [-0.15, -0.1) is 10.2 Å². The lowest BCUT2D eigenvalue weighted by atomic mass is 10.3. The molecule has 3 rings (SSSR count). The summed E-state index contributed by atoms with van der Waals surface area (Å²) in [5, 5.41) is 11.0. The lowest BCUT2D eigenvalue weighted by Gasteiger charge is -2.08. The number of nitrogens with one attached hydrogen (secondary N) is 1. The first-order chi connectivity index (χ1) is 12.7. The minimum atomic E-state index is -0.381. The van der Waals surface area contributed by atoms with Crippen LogP contribution in [0.2, 0.25) is 0 Å². The normalized spacial score (nSPS) is 10.5. The van der Waals surface area contributed by atoms with E-state index in [9.17, 15) is 9.18 Å². The van der Waals surface area contributed by atoms with Crippen molar-refractivity contribution in [1.29, 1.82) is 0 Å². The molecule has 0 saturated carbocycles. The van der Waals surface area contributed by atoms with Crippen LogP contribution in [0, 0.1) is 5.82 Å². The van der Waals surface area contributed by atoms with E-state index < -0.39 is 0 Å². The molecule has 2 aromatic carbocycles. The maximum absolute atomic E-state index is 13.9. The smallest absolute Gasteiger partial charge is 0.234 e. The molecule has 0 aliphatic carbocycles. The van der Waals surface area contributed by atoms with E-state index in [-0.39, 0.29) is 17.5 Å². The summed E-state index contributed by atoms with van der Waals surface area (Å²) in [6.45, 7) is 2.50. The van der Waals surface area contributed by atoms with Gasteiger partial charge in [-0.1, -0.05) is 23.9 Å². The quantitative estimate of drug-likeness (QED) is 0.643. The van der Waals surface area contributed by atoms with Crippen LogP contribution in [-0.2, 0) is 4.79 Å². The Balaban J connectivity index is 1.60. The average Bonchev–Trinajstić information content (AvgIpc) is 3.11. The Morgan fingerprint density at radius 1 is 1.23 bits per heavy atom. The van der Waals surface area contributed by atoms with Crippen molar-refractivity contribution in [1.82, 2.24) is 14.8 Å². The van der Waals surface area contributed by atoms with Crippen LogP contribution in [0.15, 0.2) is 60.0 Å². The van der Waals surface area contributed by atoms with Crippen molar-refractivity contribution in [3.05, 3.63) is 60.7 Å². The van der Waals surface area contributed by atoms with E-state index in [0.29, 0.717) is 23.1 Å². The molecule has 0 fully saturated rings. The summed E-state index contributed by atoms with van der Waals surface area (Å²) in [7, 11) is 0. The topological polar surface area (TPSA) is 69.0 Å². The van der Waals surface area contributed by atoms with Gasteiger partial charge in [-0.05, 0) is 43.3 Å². The van der Waals surface area contributed by atoms with Crippen LogP contribution in [0.25, 0.3) is 5.69 Å². The standard InChI is InChI=1S/C18H17FN4O2S/c1-2-25-14-9-7-13(8-10-14)21-17(24)11-26-18-22-20-12-23(18)16-6-4-3-5-15(16)19/h3-10,12H,2,11H2,1H3,(H,21,24). The zero-order chi connectivity index (χ0) is 18.4. The minimum absolute atomic E-state index is 0.125. The molecular weight excluding hydrogens is 355 g/mol. The molecule has 3 aromatic rings. The molecular formula is C18H17FN4O2S. The van der Waals surface area contributed by atoms with Crippen LogP contribution in [0.3, 0.4) is 0 Å². The highest BCUT2D eigenvalue weighted by molar-refractivity contribution is 7.99. The number of para-hydroxylation sites is 1. The van der Waals surface area contributed by atoms with Crippen molar-refractivity contribution in [2.75, 3.05) is 17.7 Å². The fourth-order valence-electron chi connectivity index (χ4n) is 2.26. The molecule has 0 aliphatic heterocycles. The second kappa shape index (κ2) is 8.48. The van der Waals surface area contributed by atoms with Crippen LogP contribution < -0.4 is 10.1 Å². The number of hydrogen-bond acceptors (Lipinski definition) is 5. The largest absolute Gasteiger partial charge is 0.494 e. The Kier molecular flexibility index (Phi) is 5.85. The predicted molar refractivity (Wildman–Crippen MR) is 98.3 cm³/mol. The monoisotopic (exact) mass is 372 g/mol. The van der Waals surface area contributed by atoms with Gasteiger partial charge in [-0.25, -0.2) is 4.39 Å². The molecule has 1 N–H and O–H groups in total. The van der Waals surface area contributed by atoms with E-state index in [1.807, 2.05) is 6.92 Å². The molecule has 0 unspecified atom stereocenters. The summed E-state index contributed by atoms with van der Waals surface area (Å²) in [6.07, 6.45) is 1.42. The Bertz CT molecular complexity index is 883. The Labute approximate surface area is 154 Å². The van der Waals surface area contributed by atoms with Gasteiger partial charge in [0.1, 0.15) is 17.9 Å². The molecule has 0 spiro atoms. The summed E-state index contributed by atoms with van der Waals surface area (Å²) in [5.41, 5.74) is 1.02. The van der Waals surface area contributed by atoms with E-state index in [2.05, 4.69) is 15.5 Å². The Hall–Kier alpha value is -2.87. The van der Waals surface area contributed by atoms with E-state index >= 15 is 0 Å². The lowest BCUT2D eigenvalue weighted by molar-refractivity contribution is -0.113. The molecule has 1 aromatic heterocycles. The number of halogens is 1. The second-order valence-corrected chi connectivity index (χ2v) is 6.17. The third-order valence-corrected chi connectivity index (χ3v) is 4.35. The van der Waals surface area contributed by atoms with Crippen molar-refractivity contribution in [2.24, 2.45) is 0 Å². The molecule has 0 radical (unpaired) electrons. The highest BCUT2D eigenvalue weighted by Gasteiger charge is 2.12. The number of anilines is 1. The van der Waals surface area contributed by atoms with Crippen molar-refractivity contribution in [3.8, 4) is 11.4 Å². The number of nitrogens with zero attached hydrogens (tertiary/aromatic N) is 3. The molecule has 26 heavy (non-hydrogen) atoms. The first kappa shape index (κ1) is 17.9. The van der Waals surface area contributed by atoms with E-state index in [1.54, 1.807) is 42.5 Å². The van der Waals surface area contributed by atoms with Crippen molar-refractivity contribution < 1.29 is 13.9 Å². The van der Waals surface area contributed by atoms with Gasteiger partial charge in [-0.3, -0.25) is 9.36 Å². The molecule has 1 heterocycles. The highest BCUT2D eigenvalue weighted by atomic mass is 32.2. The fourth-order valence-corrected chi connectivity index (χ4v) is 2.99. The summed E-state index contributed by atoms with van der Waals surface area (Å²) >= 11 is 1.18. The molecule has 0 aliphatic rings. The van der Waals surface area contributed by atoms with Crippen molar-refractivity contribution >= 4 is 23.4 Å². The number of rotatable bonds is 7. The van der Waals surface area contributed by atoms with E-state index in [1.165, 1.54) is 28.7 Å². The van der Waals surface area contributed by atoms with Gasteiger partial charge in [-0.2, -0.15) is 0 Å². The van der Waals surface area contributed by atoms with Crippen LogP contribution in [0.1, 0.15) is 6.92 Å². The molecule has 8 heteroatoms. The van der Waals surface area contributed by atoms with E-state index in [0.717, 1.165) is 5.75 Å². The number of amides is 1. The van der Waals surface area contributed by atoms with Crippen LogP contribution in [-0.4, -0.2) is 33.0 Å². The Morgan fingerprint density at radius 3 is 2.73 bits per heavy atom. The molecule has 0 atom stereocenters. The summed E-state index contributed by atoms with van der Waals surface area (Å²) < 4.78 is 20.8. The maximum Gasteiger partial charge on any atom is 0.234 e. The second-order valence-electron chi connectivity index (χ2n) is 5.23. The average molecular weight is 372 g/mol.